The van der Waals surface area contributed by atoms with Crippen molar-refractivity contribution in [3.05, 3.63) is 30.1 Å². The topological polar surface area (TPSA) is 82.5 Å². The maximum Gasteiger partial charge on any atom is 0.327 e. The van der Waals surface area contributed by atoms with Gasteiger partial charge in [-0.15, -0.1) is 11.8 Å². The molecule has 7 heteroatoms. The van der Waals surface area contributed by atoms with Crippen LogP contribution in [0, 0.1) is 0 Å². The molecule has 1 aromatic rings. The number of thioether (sulfide) groups is 1. The number of hydrogen-bond donors (Lipinski definition) is 2. The highest BCUT2D eigenvalue weighted by atomic mass is 32.2. The van der Waals surface area contributed by atoms with Gasteiger partial charge in [-0.2, -0.15) is 0 Å². The number of aromatic nitrogens is 1. The average Bonchev–Trinajstić information content (AvgIpc) is 2.89. The maximum absolute atomic E-state index is 11.9. The molecule has 6 nitrogen and oxygen atoms in total. The van der Waals surface area contributed by atoms with Crippen LogP contribution in [0.1, 0.15) is 5.56 Å². The van der Waals surface area contributed by atoms with Crippen molar-refractivity contribution in [3.63, 3.8) is 0 Å². The predicted octanol–water partition coefficient (Wildman–Crippen LogP) is 0.793. The van der Waals surface area contributed by atoms with Crippen LogP contribution in [-0.2, 0) is 11.2 Å². The number of nitrogens with zero attached hydrogens (tertiary/aromatic N) is 2. The molecular weight excluding hydrogens is 266 g/mol. The fourth-order valence-electron chi connectivity index (χ4n) is 1.81. The monoisotopic (exact) mass is 281 g/mol. The van der Waals surface area contributed by atoms with Gasteiger partial charge < -0.3 is 15.3 Å². The van der Waals surface area contributed by atoms with Crippen LogP contribution in [0.2, 0.25) is 0 Å². The number of aliphatic carboxylic acids is 1. The Morgan fingerprint density at radius 2 is 2.21 bits per heavy atom. The van der Waals surface area contributed by atoms with E-state index in [-0.39, 0.29) is 6.03 Å². The fourth-order valence-corrected chi connectivity index (χ4v) is 2.96. The summed E-state index contributed by atoms with van der Waals surface area (Å²) < 4.78 is 0. The lowest BCUT2D eigenvalue weighted by Crippen LogP contribution is -2.47. The summed E-state index contributed by atoms with van der Waals surface area (Å²) >= 11 is 1.45. The number of carboxylic acids is 1. The van der Waals surface area contributed by atoms with E-state index in [1.165, 1.54) is 16.7 Å². The van der Waals surface area contributed by atoms with Crippen molar-refractivity contribution in [2.45, 2.75) is 12.5 Å². The molecule has 0 aliphatic carbocycles. The van der Waals surface area contributed by atoms with E-state index >= 15 is 0 Å². The molecule has 102 valence electrons. The Bertz CT molecular complexity index is 455. The Labute approximate surface area is 115 Å². The van der Waals surface area contributed by atoms with E-state index in [0.717, 1.165) is 5.56 Å². The SMILES string of the molecule is O=C(O)C1CSCN1C(=O)NCCc1ccncc1. The quantitative estimate of drug-likeness (QED) is 0.852. The molecule has 0 bridgehead atoms. The summed E-state index contributed by atoms with van der Waals surface area (Å²) in [5, 5.41) is 11.7. The Morgan fingerprint density at radius 3 is 2.89 bits per heavy atom. The molecule has 1 aliphatic rings. The van der Waals surface area contributed by atoms with Crippen LogP contribution in [0.25, 0.3) is 0 Å². The number of carboxylic acid groups (broad SMARTS) is 1. The molecule has 2 rings (SSSR count). The van der Waals surface area contributed by atoms with E-state index < -0.39 is 12.0 Å². The van der Waals surface area contributed by atoms with Gasteiger partial charge in [-0.25, -0.2) is 9.59 Å². The van der Waals surface area contributed by atoms with E-state index in [4.69, 9.17) is 5.11 Å². The highest BCUT2D eigenvalue weighted by Crippen LogP contribution is 2.20. The smallest absolute Gasteiger partial charge is 0.327 e. The minimum Gasteiger partial charge on any atom is -0.480 e. The molecule has 0 aromatic carbocycles. The summed E-state index contributed by atoms with van der Waals surface area (Å²) in [4.78, 5) is 28.1. The average molecular weight is 281 g/mol. The zero-order valence-corrected chi connectivity index (χ0v) is 11.1. The molecule has 0 spiro atoms. The molecule has 0 saturated carbocycles. The van der Waals surface area contributed by atoms with Crippen LogP contribution in [0.4, 0.5) is 4.79 Å². The molecule has 0 radical (unpaired) electrons. The van der Waals surface area contributed by atoms with E-state index in [2.05, 4.69) is 10.3 Å². The molecular formula is C12H15N3O3S. The molecule has 2 N–H and O–H groups in total. The molecule has 1 saturated heterocycles. The van der Waals surface area contributed by atoms with E-state index in [0.29, 0.717) is 24.6 Å². The molecule has 2 heterocycles. The Balaban J connectivity index is 1.80. The third-order valence-corrected chi connectivity index (χ3v) is 3.88. The summed E-state index contributed by atoms with van der Waals surface area (Å²) in [7, 11) is 0. The van der Waals surface area contributed by atoms with Crippen LogP contribution in [0.3, 0.4) is 0 Å². The van der Waals surface area contributed by atoms with E-state index in [9.17, 15) is 9.59 Å². The first kappa shape index (κ1) is 13.7. The van der Waals surface area contributed by atoms with Gasteiger partial charge in [0.15, 0.2) is 0 Å². The molecule has 1 unspecified atom stereocenters. The first-order chi connectivity index (χ1) is 9.18. The third kappa shape index (κ3) is 3.60. The molecule has 1 atom stereocenters. The summed E-state index contributed by atoms with van der Waals surface area (Å²) in [6, 6.07) is 2.74. The van der Waals surface area contributed by atoms with Gasteiger partial charge in [-0.3, -0.25) is 4.98 Å². The number of rotatable bonds is 4. The molecule has 1 fully saturated rings. The lowest BCUT2D eigenvalue weighted by molar-refractivity contribution is -0.140. The summed E-state index contributed by atoms with van der Waals surface area (Å²) in [5.41, 5.74) is 1.08. The van der Waals surface area contributed by atoms with Crippen LogP contribution in [0.15, 0.2) is 24.5 Å². The van der Waals surface area contributed by atoms with Gasteiger partial charge in [0.2, 0.25) is 0 Å². The van der Waals surface area contributed by atoms with Gasteiger partial charge in [0.1, 0.15) is 6.04 Å². The first-order valence-electron chi connectivity index (χ1n) is 5.92. The maximum atomic E-state index is 11.9. The van der Waals surface area contributed by atoms with Crippen LogP contribution in [-0.4, -0.2) is 51.2 Å². The summed E-state index contributed by atoms with van der Waals surface area (Å²) in [6.45, 7) is 0.482. The number of carbonyl (C=O) groups excluding carboxylic acids is 1. The van der Waals surface area contributed by atoms with Crippen LogP contribution < -0.4 is 5.32 Å². The third-order valence-electron chi connectivity index (χ3n) is 2.87. The van der Waals surface area contributed by atoms with E-state index in [1.807, 2.05) is 12.1 Å². The lowest BCUT2D eigenvalue weighted by Gasteiger charge is -2.20. The van der Waals surface area contributed by atoms with Crippen molar-refractivity contribution in [3.8, 4) is 0 Å². The first-order valence-corrected chi connectivity index (χ1v) is 7.08. The Kier molecular flexibility index (Phi) is 4.62. The van der Waals surface area contributed by atoms with Crippen molar-refractivity contribution in [1.82, 2.24) is 15.2 Å². The predicted molar refractivity (Wildman–Crippen MR) is 71.9 cm³/mol. The van der Waals surface area contributed by atoms with Crippen molar-refractivity contribution in [2.24, 2.45) is 0 Å². The van der Waals surface area contributed by atoms with Crippen molar-refractivity contribution in [1.29, 1.82) is 0 Å². The zero-order chi connectivity index (χ0) is 13.7. The Morgan fingerprint density at radius 1 is 1.47 bits per heavy atom. The van der Waals surface area contributed by atoms with Crippen molar-refractivity contribution in [2.75, 3.05) is 18.2 Å². The van der Waals surface area contributed by atoms with Gasteiger partial charge in [0, 0.05) is 24.7 Å². The minimum atomic E-state index is -0.950. The molecule has 19 heavy (non-hydrogen) atoms. The van der Waals surface area contributed by atoms with E-state index in [1.54, 1.807) is 12.4 Å². The van der Waals surface area contributed by atoms with Gasteiger partial charge in [0.05, 0.1) is 5.88 Å². The van der Waals surface area contributed by atoms with Gasteiger partial charge >= 0.3 is 12.0 Å². The summed E-state index contributed by atoms with van der Waals surface area (Å²) in [6.07, 6.45) is 4.11. The van der Waals surface area contributed by atoms with Crippen molar-refractivity contribution >= 4 is 23.8 Å². The summed E-state index contributed by atoms with van der Waals surface area (Å²) in [5.74, 6) is -0.0696. The van der Waals surface area contributed by atoms with Crippen LogP contribution >= 0.6 is 11.8 Å². The van der Waals surface area contributed by atoms with Crippen LogP contribution in [0.5, 0.6) is 0 Å². The number of hydrogen-bond acceptors (Lipinski definition) is 4. The highest BCUT2D eigenvalue weighted by molar-refractivity contribution is 7.99. The lowest BCUT2D eigenvalue weighted by atomic mass is 10.2. The second-order valence-electron chi connectivity index (χ2n) is 4.16. The number of amides is 2. The van der Waals surface area contributed by atoms with Gasteiger partial charge in [-0.05, 0) is 24.1 Å². The van der Waals surface area contributed by atoms with Gasteiger partial charge in [-0.1, -0.05) is 0 Å². The number of nitrogens with one attached hydrogen (secondary N) is 1. The van der Waals surface area contributed by atoms with Crippen molar-refractivity contribution < 1.29 is 14.7 Å². The molecule has 2 amide bonds. The number of urea groups is 1. The second-order valence-corrected chi connectivity index (χ2v) is 5.16. The molecule has 1 aliphatic heterocycles. The highest BCUT2D eigenvalue weighted by Gasteiger charge is 2.34. The largest absolute Gasteiger partial charge is 0.480 e. The van der Waals surface area contributed by atoms with Gasteiger partial charge in [0.25, 0.3) is 0 Å². The normalized spacial score (nSPS) is 18.3. The minimum absolute atomic E-state index is 0.313. The number of pyridine rings is 1. The standard InChI is InChI=1S/C12H15N3O3S/c16-11(17)10-7-19-8-15(10)12(18)14-6-3-9-1-4-13-5-2-9/h1-2,4-5,10H,3,6-8H2,(H,14,18)(H,16,17). The Hall–Kier alpha value is -1.76. The zero-order valence-electron chi connectivity index (χ0n) is 10.3. The molecule has 1 aromatic heterocycles. The number of carbonyl (C=O) groups is 2. The second kappa shape index (κ2) is 6.42. The fraction of sp³-hybridized carbons (Fsp3) is 0.417.